The molecule has 0 atom stereocenters. The second-order valence-corrected chi connectivity index (χ2v) is 4.72. The molecule has 0 unspecified atom stereocenters. The van der Waals surface area contributed by atoms with Gasteiger partial charge in [0.2, 0.25) is 0 Å². The molecule has 0 fully saturated rings. The molecule has 1 heterocycles. The van der Waals surface area contributed by atoms with E-state index in [4.69, 9.17) is 5.11 Å². The Labute approximate surface area is 118 Å². The third-order valence-electron chi connectivity index (χ3n) is 3.36. The molecule has 1 aromatic rings. The van der Waals surface area contributed by atoms with Gasteiger partial charge in [-0.15, -0.1) is 5.10 Å². The van der Waals surface area contributed by atoms with Crippen molar-refractivity contribution < 1.29 is 14.7 Å². The Hall–Kier alpha value is -1.92. The normalized spacial score (nSPS) is 10.8. The van der Waals surface area contributed by atoms with Crippen molar-refractivity contribution >= 4 is 11.9 Å². The van der Waals surface area contributed by atoms with Gasteiger partial charge in [0.15, 0.2) is 5.69 Å². The van der Waals surface area contributed by atoms with Crippen LogP contribution in [-0.4, -0.2) is 50.0 Å². The fraction of sp³-hybridized carbons (Fsp3) is 0.692. The molecule has 1 N–H and O–H groups in total. The molecule has 0 saturated carbocycles. The SMILES string of the molecule is CCC(CC)CN(CC)C(=O)c1cn(CC(=O)O)nn1. The average molecular weight is 282 g/mol. The third kappa shape index (κ3) is 4.32. The number of carboxylic acid groups (broad SMARTS) is 1. The molecule has 7 nitrogen and oxygen atoms in total. The van der Waals surface area contributed by atoms with E-state index in [1.165, 1.54) is 6.20 Å². The summed E-state index contributed by atoms with van der Waals surface area (Å²) in [6.45, 7) is 7.13. The van der Waals surface area contributed by atoms with Crippen LogP contribution in [0, 0.1) is 5.92 Å². The Balaban J connectivity index is 2.75. The molecule has 0 bridgehead atoms. The van der Waals surface area contributed by atoms with Crippen LogP contribution in [0.4, 0.5) is 0 Å². The summed E-state index contributed by atoms with van der Waals surface area (Å²) in [5.74, 6) is -0.748. The fourth-order valence-corrected chi connectivity index (χ4v) is 1.99. The zero-order valence-electron chi connectivity index (χ0n) is 12.2. The molecule has 0 spiro atoms. The van der Waals surface area contributed by atoms with E-state index < -0.39 is 5.97 Å². The van der Waals surface area contributed by atoms with Gasteiger partial charge < -0.3 is 10.0 Å². The molecule has 0 saturated heterocycles. The lowest BCUT2D eigenvalue weighted by atomic mass is 10.0. The van der Waals surface area contributed by atoms with E-state index in [1.54, 1.807) is 4.90 Å². The number of hydrogen-bond acceptors (Lipinski definition) is 4. The maximum Gasteiger partial charge on any atom is 0.325 e. The van der Waals surface area contributed by atoms with Crippen molar-refractivity contribution in [1.82, 2.24) is 19.9 Å². The first-order chi connectivity index (χ1) is 9.51. The number of amides is 1. The summed E-state index contributed by atoms with van der Waals surface area (Å²) in [5.41, 5.74) is 0.194. The molecule has 7 heteroatoms. The minimum absolute atomic E-state index is 0.194. The summed E-state index contributed by atoms with van der Waals surface area (Å²) in [6, 6.07) is 0. The number of carbonyl (C=O) groups excluding carboxylic acids is 1. The van der Waals surface area contributed by atoms with Crippen LogP contribution in [-0.2, 0) is 11.3 Å². The molecule has 20 heavy (non-hydrogen) atoms. The summed E-state index contributed by atoms with van der Waals surface area (Å²) >= 11 is 0. The molecule has 0 radical (unpaired) electrons. The highest BCUT2D eigenvalue weighted by atomic mass is 16.4. The molecule has 0 aliphatic carbocycles. The number of aliphatic carboxylic acids is 1. The lowest BCUT2D eigenvalue weighted by Crippen LogP contribution is -2.35. The monoisotopic (exact) mass is 282 g/mol. The second kappa shape index (κ2) is 7.62. The summed E-state index contributed by atoms with van der Waals surface area (Å²) in [4.78, 5) is 24.6. The first kappa shape index (κ1) is 16.1. The van der Waals surface area contributed by atoms with Crippen LogP contribution in [0.25, 0.3) is 0 Å². The molecule has 1 amide bonds. The highest BCUT2D eigenvalue weighted by Gasteiger charge is 2.20. The molecule has 0 aliphatic rings. The van der Waals surface area contributed by atoms with Gasteiger partial charge in [-0.2, -0.15) is 0 Å². The fourth-order valence-electron chi connectivity index (χ4n) is 1.99. The minimum Gasteiger partial charge on any atom is -0.480 e. The average Bonchev–Trinajstić information content (AvgIpc) is 2.87. The zero-order chi connectivity index (χ0) is 15.1. The Bertz CT molecular complexity index is 454. The molecule has 0 aliphatic heterocycles. The number of rotatable bonds is 8. The predicted octanol–water partition coefficient (Wildman–Crippen LogP) is 1.26. The predicted molar refractivity (Wildman–Crippen MR) is 73.3 cm³/mol. The number of carboxylic acids is 1. The van der Waals surface area contributed by atoms with Crippen molar-refractivity contribution in [2.45, 2.75) is 40.2 Å². The quantitative estimate of drug-likeness (QED) is 0.775. The zero-order valence-corrected chi connectivity index (χ0v) is 12.2. The third-order valence-corrected chi connectivity index (χ3v) is 3.36. The van der Waals surface area contributed by atoms with Gasteiger partial charge >= 0.3 is 5.97 Å². The van der Waals surface area contributed by atoms with E-state index in [1.807, 2.05) is 6.92 Å². The number of aromatic nitrogens is 3. The highest BCUT2D eigenvalue weighted by molar-refractivity contribution is 5.92. The second-order valence-electron chi connectivity index (χ2n) is 4.72. The van der Waals surface area contributed by atoms with Crippen molar-refractivity contribution in [3.05, 3.63) is 11.9 Å². The Morgan fingerprint density at radius 3 is 2.50 bits per heavy atom. The summed E-state index contributed by atoms with van der Waals surface area (Å²) < 4.78 is 1.15. The maximum atomic E-state index is 12.3. The molecule has 1 rings (SSSR count). The number of hydrogen-bond donors (Lipinski definition) is 1. The first-order valence-corrected chi connectivity index (χ1v) is 6.92. The lowest BCUT2D eigenvalue weighted by Gasteiger charge is -2.24. The van der Waals surface area contributed by atoms with Crippen LogP contribution >= 0.6 is 0 Å². The van der Waals surface area contributed by atoms with Gasteiger partial charge in [-0.1, -0.05) is 31.9 Å². The van der Waals surface area contributed by atoms with Crippen LogP contribution in [0.1, 0.15) is 44.1 Å². The van der Waals surface area contributed by atoms with Gasteiger partial charge in [0.1, 0.15) is 6.54 Å². The number of nitrogens with zero attached hydrogens (tertiary/aromatic N) is 4. The molecule has 1 aromatic heterocycles. The standard InChI is InChI=1S/C13H22N4O3/c1-4-10(5-2)7-16(6-3)13(20)11-8-17(15-14-11)9-12(18)19/h8,10H,4-7,9H2,1-3H3,(H,18,19). The highest BCUT2D eigenvalue weighted by Crippen LogP contribution is 2.11. The smallest absolute Gasteiger partial charge is 0.325 e. The van der Waals surface area contributed by atoms with Crippen LogP contribution in [0.2, 0.25) is 0 Å². The Kier molecular flexibility index (Phi) is 6.14. The van der Waals surface area contributed by atoms with Crippen LogP contribution in [0.15, 0.2) is 6.20 Å². The van der Waals surface area contributed by atoms with Gasteiger partial charge in [0, 0.05) is 13.1 Å². The van der Waals surface area contributed by atoms with Crippen molar-refractivity contribution in [1.29, 1.82) is 0 Å². The lowest BCUT2D eigenvalue weighted by molar-refractivity contribution is -0.137. The molecule has 0 aromatic carbocycles. The van der Waals surface area contributed by atoms with E-state index in [2.05, 4.69) is 24.2 Å². The molecular weight excluding hydrogens is 260 g/mol. The topological polar surface area (TPSA) is 88.3 Å². The summed E-state index contributed by atoms with van der Waals surface area (Å²) in [5, 5.41) is 16.1. The molecule has 112 valence electrons. The Morgan fingerprint density at radius 2 is 2.00 bits per heavy atom. The first-order valence-electron chi connectivity index (χ1n) is 6.92. The molecular formula is C13H22N4O3. The van der Waals surface area contributed by atoms with Gasteiger partial charge in [-0.05, 0) is 12.8 Å². The summed E-state index contributed by atoms with van der Waals surface area (Å²) in [6.07, 6.45) is 3.42. The largest absolute Gasteiger partial charge is 0.480 e. The van der Waals surface area contributed by atoms with Gasteiger partial charge in [0.25, 0.3) is 5.91 Å². The van der Waals surface area contributed by atoms with Crippen molar-refractivity contribution in [3.63, 3.8) is 0 Å². The van der Waals surface area contributed by atoms with E-state index in [-0.39, 0.29) is 18.1 Å². The van der Waals surface area contributed by atoms with Crippen molar-refractivity contribution in [2.24, 2.45) is 5.92 Å². The van der Waals surface area contributed by atoms with Gasteiger partial charge in [-0.3, -0.25) is 9.59 Å². The van der Waals surface area contributed by atoms with E-state index in [9.17, 15) is 9.59 Å². The summed E-state index contributed by atoms with van der Waals surface area (Å²) in [7, 11) is 0. The van der Waals surface area contributed by atoms with Crippen LogP contribution < -0.4 is 0 Å². The van der Waals surface area contributed by atoms with Crippen molar-refractivity contribution in [3.8, 4) is 0 Å². The van der Waals surface area contributed by atoms with Gasteiger partial charge in [-0.25, -0.2) is 4.68 Å². The van der Waals surface area contributed by atoms with E-state index in [0.29, 0.717) is 19.0 Å². The van der Waals surface area contributed by atoms with Crippen LogP contribution in [0.5, 0.6) is 0 Å². The van der Waals surface area contributed by atoms with Gasteiger partial charge in [0.05, 0.1) is 6.20 Å². The van der Waals surface area contributed by atoms with E-state index >= 15 is 0 Å². The maximum absolute atomic E-state index is 12.3. The number of carbonyl (C=O) groups is 2. The minimum atomic E-state index is -1.02. The van der Waals surface area contributed by atoms with Crippen molar-refractivity contribution in [2.75, 3.05) is 13.1 Å². The van der Waals surface area contributed by atoms with E-state index in [0.717, 1.165) is 17.5 Å². The van der Waals surface area contributed by atoms with Crippen LogP contribution in [0.3, 0.4) is 0 Å². The Morgan fingerprint density at radius 1 is 1.35 bits per heavy atom.